The first kappa shape index (κ1) is 23.5. The smallest absolute Gasteiger partial charge is 0.410 e. The summed E-state index contributed by atoms with van der Waals surface area (Å²) in [4.78, 5) is 28.7. The number of aromatic nitrogens is 2. The highest BCUT2D eigenvalue weighted by molar-refractivity contribution is 6.03. The molecule has 0 bridgehead atoms. The SMILES string of the molecule is CC(=O)N1c2ccc(-c3cnn(CC(C)(C)C)c3)cc2N(C(=O)Oc2ccc(F)cc2)C[C@@H]1C. The summed E-state index contributed by atoms with van der Waals surface area (Å²) in [5.41, 5.74) is 3.07. The molecule has 0 fully saturated rings. The van der Waals surface area contributed by atoms with Gasteiger partial charge in [-0.3, -0.25) is 14.4 Å². The van der Waals surface area contributed by atoms with Crippen molar-refractivity contribution in [1.29, 1.82) is 0 Å². The molecule has 1 aromatic heterocycles. The molecule has 0 saturated heterocycles. The van der Waals surface area contributed by atoms with Gasteiger partial charge in [0.15, 0.2) is 0 Å². The Morgan fingerprint density at radius 1 is 1.09 bits per heavy atom. The molecular weight excluding hydrogens is 435 g/mol. The molecule has 8 heteroatoms. The summed E-state index contributed by atoms with van der Waals surface area (Å²) in [7, 11) is 0. The Morgan fingerprint density at radius 3 is 2.44 bits per heavy atom. The summed E-state index contributed by atoms with van der Waals surface area (Å²) in [5, 5.41) is 4.48. The summed E-state index contributed by atoms with van der Waals surface area (Å²) >= 11 is 0. The molecule has 4 rings (SSSR count). The number of hydrogen-bond acceptors (Lipinski definition) is 4. The zero-order valence-corrected chi connectivity index (χ0v) is 20.1. The monoisotopic (exact) mass is 464 g/mol. The van der Waals surface area contributed by atoms with Crippen LogP contribution >= 0.6 is 0 Å². The third-order valence-corrected chi connectivity index (χ3v) is 5.59. The number of fused-ring (bicyclic) bond motifs is 1. The summed E-state index contributed by atoms with van der Waals surface area (Å²) < 4.78 is 20.7. The van der Waals surface area contributed by atoms with E-state index in [0.29, 0.717) is 11.4 Å². The molecule has 178 valence electrons. The lowest BCUT2D eigenvalue weighted by Crippen LogP contribution is -2.52. The molecule has 34 heavy (non-hydrogen) atoms. The van der Waals surface area contributed by atoms with Crippen molar-refractivity contribution in [3.63, 3.8) is 0 Å². The fourth-order valence-corrected chi connectivity index (χ4v) is 4.20. The minimum absolute atomic E-state index is 0.0815. The van der Waals surface area contributed by atoms with Crippen molar-refractivity contribution in [1.82, 2.24) is 9.78 Å². The van der Waals surface area contributed by atoms with Crippen LogP contribution in [-0.4, -0.2) is 34.4 Å². The summed E-state index contributed by atoms with van der Waals surface area (Å²) in [6.07, 6.45) is 3.18. The van der Waals surface area contributed by atoms with Gasteiger partial charge < -0.3 is 9.64 Å². The van der Waals surface area contributed by atoms with Gasteiger partial charge in [-0.25, -0.2) is 9.18 Å². The highest BCUT2D eigenvalue weighted by Crippen LogP contribution is 2.39. The molecule has 0 radical (unpaired) electrons. The van der Waals surface area contributed by atoms with Crippen LogP contribution in [-0.2, 0) is 11.3 Å². The standard InChI is InChI=1S/C26H29FN4O3/c1-17-14-30(25(33)34-22-9-7-21(27)8-10-22)24-12-19(6-11-23(24)31(17)18(2)32)20-13-28-29(15-20)16-26(3,4)5/h6-13,15,17H,14,16H2,1-5H3/t17-/m0/s1. The van der Waals surface area contributed by atoms with E-state index in [0.717, 1.165) is 17.7 Å². The number of carbonyl (C=O) groups excluding carboxylic acids is 2. The molecule has 3 aromatic rings. The zero-order valence-electron chi connectivity index (χ0n) is 20.1. The Balaban J connectivity index is 1.70. The minimum atomic E-state index is -0.594. The third kappa shape index (κ3) is 4.95. The van der Waals surface area contributed by atoms with Gasteiger partial charge in [0.25, 0.3) is 0 Å². The van der Waals surface area contributed by atoms with Crippen LogP contribution in [0.4, 0.5) is 20.6 Å². The number of rotatable bonds is 3. The summed E-state index contributed by atoms with van der Waals surface area (Å²) in [6, 6.07) is 10.7. The molecule has 2 amide bonds. The number of carbonyl (C=O) groups is 2. The van der Waals surface area contributed by atoms with E-state index in [1.54, 1.807) is 11.1 Å². The number of hydrogen-bond donors (Lipinski definition) is 0. The Hall–Kier alpha value is -3.68. The van der Waals surface area contributed by atoms with Gasteiger partial charge >= 0.3 is 6.09 Å². The average Bonchev–Trinajstić information content (AvgIpc) is 3.20. The Morgan fingerprint density at radius 2 is 1.79 bits per heavy atom. The van der Waals surface area contributed by atoms with Crippen LogP contribution < -0.4 is 14.5 Å². The van der Waals surface area contributed by atoms with E-state index in [9.17, 15) is 14.0 Å². The molecule has 1 atom stereocenters. The third-order valence-electron chi connectivity index (χ3n) is 5.59. The molecule has 2 aromatic carbocycles. The first-order chi connectivity index (χ1) is 16.0. The molecule has 0 unspecified atom stereocenters. The first-order valence-corrected chi connectivity index (χ1v) is 11.2. The number of halogens is 1. The fraction of sp³-hybridized carbons (Fsp3) is 0.346. The zero-order chi connectivity index (χ0) is 24.6. The van der Waals surface area contributed by atoms with Crippen molar-refractivity contribution in [2.45, 2.75) is 47.2 Å². The maximum Gasteiger partial charge on any atom is 0.419 e. The van der Waals surface area contributed by atoms with Gasteiger partial charge in [0, 0.05) is 31.8 Å². The van der Waals surface area contributed by atoms with Crippen molar-refractivity contribution in [3.8, 4) is 16.9 Å². The van der Waals surface area contributed by atoms with Crippen molar-refractivity contribution >= 4 is 23.4 Å². The maximum absolute atomic E-state index is 13.2. The molecule has 1 aliphatic rings. The van der Waals surface area contributed by atoms with Crippen LogP contribution in [0.15, 0.2) is 54.9 Å². The number of benzene rings is 2. The summed E-state index contributed by atoms with van der Waals surface area (Å²) in [5.74, 6) is -0.272. The van der Waals surface area contributed by atoms with Gasteiger partial charge in [0.05, 0.1) is 23.6 Å². The van der Waals surface area contributed by atoms with Gasteiger partial charge in [-0.15, -0.1) is 0 Å². The predicted octanol–water partition coefficient (Wildman–Crippen LogP) is 5.50. The first-order valence-electron chi connectivity index (χ1n) is 11.2. The maximum atomic E-state index is 13.2. The second-order valence-corrected chi connectivity index (χ2v) is 9.86. The summed E-state index contributed by atoms with van der Waals surface area (Å²) in [6.45, 7) is 10.9. The molecule has 0 spiro atoms. The van der Waals surface area contributed by atoms with E-state index >= 15 is 0 Å². The number of anilines is 2. The quantitative estimate of drug-likeness (QED) is 0.514. The number of amides is 2. The van der Waals surface area contributed by atoms with Gasteiger partial charge in [-0.05, 0) is 54.3 Å². The largest absolute Gasteiger partial charge is 0.419 e. The molecule has 0 N–H and O–H groups in total. The van der Waals surface area contributed by atoms with Crippen molar-refractivity contribution in [2.75, 3.05) is 16.3 Å². The lowest BCUT2D eigenvalue weighted by Gasteiger charge is -2.40. The number of nitrogens with zero attached hydrogens (tertiary/aromatic N) is 4. The van der Waals surface area contributed by atoms with E-state index < -0.39 is 11.9 Å². The molecule has 7 nitrogen and oxygen atoms in total. The molecule has 0 aliphatic carbocycles. The second kappa shape index (κ2) is 8.93. The van der Waals surface area contributed by atoms with Crippen LogP contribution in [0.3, 0.4) is 0 Å². The number of ether oxygens (including phenoxy) is 1. The van der Waals surface area contributed by atoms with E-state index in [1.807, 2.05) is 36.0 Å². The average molecular weight is 465 g/mol. The van der Waals surface area contributed by atoms with Crippen molar-refractivity contribution in [3.05, 3.63) is 60.7 Å². The lowest BCUT2D eigenvalue weighted by atomic mass is 9.97. The predicted molar refractivity (Wildman–Crippen MR) is 130 cm³/mol. The molecule has 2 heterocycles. The van der Waals surface area contributed by atoms with Gasteiger partial charge in [-0.1, -0.05) is 26.8 Å². The van der Waals surface area contributed by atoms with Crippen LogP contribution in [0.25, 0.3) is 11.1 Å². The Labute approximate surface area is 198 Å². The van der Waals surface area contributed by atoms with Crippen LogP contribution in [0.1, 0.15) is 34.6 Å². The highest BCUT2D eigenvalue weighted by atomic mass is 19.1. The van der Waals surface area contributed by atoms with E-state index in [2.05, 4.69) is 25.9 Å². The highest BCUT2D eigenvalue weighted by Gasteiger charge is 2.35. The topological polar surface area (TPSA) is 67.7 Å². The Kier molecular flexibility index (Phi) is 6.17. The van der Waals surface area contributed by atoms with Crippen molar-refractivity contribution < 1.29 is 18.7 Å². The van der Waals surface area contributed by atoms with Gasteiger partial charge in [0.1, 0.15) is 11.6 Å². The second-order valence-electron chi connectivity index (χ2n) is 9.86. The molecule has 1 aliphatic heterocycles. The van der Waals surface area contributed by atoms with Crippen LogP contribution in [0.2, 0.25) is 0 Å². The van der Waals surface area contributed by atoms with Crippen molar-refractivity contribution in [2.24, 2.45) is 5.41 Å². The minimum Gasteiger partial charge on any atom is -0.410 e. The normalized spacial score (nSPS) is 15.8. The molecule has 0 saturated carbocycles. The lowest BCUT2D eigenvalue weighted by molar-refractivity contribution is -0.117. The van der Waals surface area contributed by atoms with E-state index in [1.165, 1.54) is 36.1 Å². The van der Waals surface area contributed by atoms with Gasteiger partial charge in [-0.2, -0.15) is 5.10 Å². The van der Waals surface area contributed by atoms with Crippen LogP contribution in [0, 0.1) is 11.2 Å². The fourth-order valence-electron chi connectivity index (χ4n) is 4.20. The van der Waals surface area contributed by atoms with Gasteiger partial charge in [0.2, 0.25) is 5.91 Å². The van der Waals surface area contributed by atoms with E-state index in [4.69, 9.17) is 4.74 Å². The van der Waals surface area contributed by atoms with E-state index in [-0.39, 0.29) is 29.7 Å². The Bertz CT molecular complexity index is 1210. The molecular formula is C26H29FN4O3. The van der Waals surface area contributed by atoms with Crippen LogP contribution in [0.5, 0.6) is 5.75 Å².